The molecular weight excluding hydrogens is 426 g/mol. The number of aromatic nitrogens is 2. The smallest absolute Gasteiger partial charge is 0.307 e. The second-order valence-electron chi connectivity index (χ2n) is 11.0. The van der Waals surface area contributed by atoms with E-state index in [1.165, 1.54) is 12.0 Å². The van der Waals surface area contributed by atoms with E-state index >= 15 is 0 Å². The first-order valence-corrected chi connectivity index (χ1v) is 12.2. The first-order valence-electron chi connectivity index (χ1n) is 12.2. The standard InChI is InChI=1S/C28H37N3O3/c1-17(2)19-7-9-21(10-8-19)29-27-30-23-12-20(13-26(32)33)25(34-6)14-24(23)31(27)22-11-18(3)15-28(4,5)16-22/h7-10,12,14,17-18,22H,11,13,15-16H2,1-6H3,(H,29,30)(H,32,33)/t18-,22+/m0/s1. The molecule has 34 heavy (non-hydrogen) atoms. The quantitative estimate of drug-likeness (QED) is 0.397. The monoisotopic (exact) mass is 463 g/mol. The van der Waals surface area contributed by atoms with Gasteiger partial charge in [-0.1, -0.05) is 46.8 Å². The normalized spacial score (nSPS) is 20.0. The Balaban J connectivity index is 1.83. The topological polar surface area (TPSA) is 76.4 Å². The molecule has 1 fully saturated rings. The van der Waals surface area contributed by atoms with Gasteiger partial charge in [-0.3, -0.25) is 4.79 Å². The highest BCUT2D eigenvalue weighted by Crippen LogP contribution is 2.46. The summed E-state index contributed by atoms with van der Waals surface area (Å²) in [4.78, 5) is 16.4. The van der Waals surface area contributed by atoms with Gasteiger partial charge in [-0.2, -0.15) is 0 Å². The second-order valence-corrected chi connectivity index (χ2v) is 11.0. The minimum Gasteiger partial charge on any atom is -0.496 e. The van der Waals surface area contributed by atoms with Crippen LogP contribution < -0.4 is 10.1 Å². The summed E-state index contributed by atoms with van der Waals surface area (Å²) in [5.41, 5.74) is 4.92. The number of methoxy groups -OCH3 is 1. The number of fused-ring (bicyclic) bond motifs is 1. The molecule has 6 nitrogen and oxygen atoms in total. The van der Waals surface area contributed by atoms with E-state index in [9.17, 15) is 9.90 Å². The third-order valence-electron chi connectivity index (χ3n) is 7.00. The summed E-state index contributed by atoms with van der Waals surface area (Å²) in [7, 11) is 1.59. The first-order chi connectivity index (χ1) is 16.1. The number of anilines is 2. The lowest BCUT2D eigenvalue weighted by Gasteiger charge is -2.40. The van der Waals surface area contributed by atoms with Crippen LogP contribution in [0.4, 0.5) is 11.6 Å². The number of carbonyl (C=O) groups is 1. The summed E-state index contributed by atoms with van der Waals surface area (Å²) < 4.78 is 7.91. The van der Waals surface area contributed by atoms with Crippen molar-refractivity contribution in [2.45, 2.75) is 72.3 Å². The minimum atomic E-state index is -0.886. The van der Waals surface area contributed by atoms with Crippen molar-refractivity contribution in [1.82, 2.24) is 9.55 Å². The molecule has 1 aromatic heterocycles. The Bertz CT molecular complexity index is 1180. The summed E-state index contributed by atoms with van der Waals surface area (Å²) in [6.45, 7) is 11.4. The Morgan fingerprint density at radius 3 is 2.53 bits per heavy atom. The van der Waals surface area contributed by atoms with Crippen molar-refractivity contribution >= 4 is 28.6 Å². The molecule has 3 aromatic rings. The molecule has 1 saturated carbocycles. The molecule has 1 aliphatic carbocycles. The van der Waals surface area contributed by atoms with Crippen LogP contribution in [0.15, 0.2) is 36.4 Å². The van der Waals surface area contributed by atoms with Gasteiger partial charge >= 0.3 is 5.97 Å². The predicted octanol–water partition coefficient (Wildman–Crippen LogP) is 6.93. The molecule has 2 aromatic carbocycles. The van der Waals surface area contributed by atoms with Crippen LogP contribution in [0.2, 0.25) is 0 Å². The molecule has 2 N–H and O–H groups in total. The number of hydrogen-bond acceptors (Lipinski definition) is 4. The van der Waals surface area contributed by atoms with Crippen molar-refractivity contribution in [3.63, 3.8) is 0 Å². The average Bonchev–Trinajstić information content (AvgIpc) is 3.08. The van der Waals surface area contributed by atoms with Gasteiger partial charge in [0.25, 0.3) is 0 Å². The van der Waals surface area contributed by atoms with Crippen molar-refractivity contribution < 1.29 is 14.6 Å². The molecule has 0 bridgehead atoms. The number of benzene rings is 2. The fourth-order valence-electron chi connectivity index (χ4n) is 5.69. The summed E-state index contributed by atoms with van der Waals surface area (Å²) in [6.07, 6.45) is 3.25. The molecule has 1 heterocycles. The van der Waals surface area contributed by atoms with Crippen molar-refractivity contribution in [1.29, 1.82) is 0 Å². The summed E-state index contributed by atoms with van der Waals surface area (Å²) >= 11 is 0. The van der Waals surface area contributed by atoms with Crippen molar-refractivity contribution in [3.05, 3.63) is 47.5 Å². The minimum absolute atomic E-state index is 0.0983. The zero-order valence-electron chi connectivity index (χ0n) is 21.2. The summed E-state index contributed by atoms with van der Waals surface area (Å²) in [6, 6.07) is 12.6. The summed E-state index contributed by atoms with van der Waals surface area (Å²) in [5.74, 6) is 1.58. The van der Waals surface area contributed by atoms with Gasteiger partial charge in [-0.25, -0.2) is 4.98 Å². The number of nitrogens with one attached hydrogen (secondary N) is 1. The van der Waals surface area contributed by atoms with Crippen molar-refractivity contribution in [2.75, 3.05) is 12.4 Å². The number of nitrogens with zero attached hydrogens (tertiary/aromatic N) is 2. The van der Waals surface area contributed by atoms with Crippen molar-refractivity contribution in [3.8, 4) is 5.75 Å². The maximum atomic E-state index is 11.4. The van der Waals surface area contributed by atoms with Crippen LogP contribution in [0.1, 0.15) is 77.0 Å². The van der Waals surface area contributed by atoms with Gasteiger partial charge in [-0.15, -0.1) is 0 Å². The van der Waals surface area contributed by atoms with Gasteiger partial charge in [0.15, 0.2) is 0 Å². The number of imidazole rings is 1. The van der Waals surface area contributed by atoms with Crippen LogP contribution in [0.25, 0.3) is 11.0 Å². The van der Waals surface area contributed by atoms with Gasteiger partial charge < -0.3 is 19.7 Å². The van der Waals surface area contributed by atoms with Crippen LogP contribution in [0.5, 0.6) is 5.75 Å². The number of carboxylic acid groups (broad SMARTS) is 1. The van der Waals surface area contributed by atoms with E-state index in [1.54, 1.807) is 7.11 Å². The van der Waals surface area contributed by atoms with Gasteiger partial charge in [0, 0.05) is 23.4 Å². The molecule has 6 heteroatoms. The maximum Gasteiger partial charge on any atom is 0.307 e. The van der Waals surface area contributed by atoms with Gasteiger partial charge in [0.2, 0.25) is 5.95 Å². The lowest BCUT2D eigenvalue weighted by Crippen LogP contribution is -2.29. The van der Waals surface area contributed by atoms with Crippen LogP contribution >= 0.6 is 0 Å². The van der Waals surface area contributed by atoms with E-state index in [2.05, 4.69) is 68.8 Å². The molecule has 4 rings (SSSR count). The number of rotatable bonds is 7. The van der Waals surface area contributed by atoms with E-state index in [4.69, 9.17) is 9.72 Å². The highest BCUT2D eigenvalue weighted by molar-refractivity contribution is 5.84. The Morgan fingerprint density at radius 2 is 1.94 bits per heavy atom. The second kappa shape index (κ2) is 9.32. The average molecular weight is 464 g/mol. The van der Waals surface area contributed by atoms with Crippen LogP contribution in [-0.4, -0.2) is 27.7 Å². The van der Waals surface area contributed by atoms with Gasteiger partial charge in [-0.05, 0) is 60.3 Å². The molecule has 1 aliphatic rings. The van der Waals surface area contributed by atoms with E-state index in [0.29, 0.717) is 23.1 Å². The molecule has 0 aliphatic heterocycles. The van der Waals surface area contributed by atoms with E-state index in [-0.39, 0.29) is 17.9 Å². The van der Waals surface area contributed by atoms with Crippen LogP contribution in [0, 0.1) is 11.3 Å². The van der Waals surface area contributed by atoms with Gasteiger partial charge in [0.05, 0.1) is 24.6 Å². The molecule has 0 radical (unpaired) electrons. The zero-order valence-corrected chi connectivity index (χ0v) is 21.2. The Hall–Kier alpha value is -3.02. The fourth-order valence-corrected chi connectivity index (χ4v) is 5.69. The third-order valence-corrected chi connectivity index (χ3v) is 7.00. The highest BCUT2D eigenvalue weighted by Gasteiger charge is 2.35. The van der Waals surface area contributed by atoms with Crippen LogP contribution in [0.3, 0.4) is 0 Å². The maximum absolute atomic E-state index is 11.4. The third kappa shape index (κ3) is 5.06. The number of ether oxygens (including phenoxy) is 1. The molecule has 2 atom stereocenters. The van der Waals surface area contributed by atoms with Crippen molar-refractivity contribution in [2.24, 2.45) is 11.3 Å². The molecular formula is C28H37N3O3. The van der Waals surface area contributed by atoms with E-state index in [0.717, 1.165) is 35.5 Å². The van der Waals surface area contributed by atoms with Gasteiger partial charge in [0.1, 0.15) is 5.75 Å². The number of carboxylic acids is 1. The largest absolute Gasteiger partial charge is 0.496 e. The van der Waals surface area contributed by atoms with E-state index in [1.807, 2.05) is 12.1 Å². The molecule has 0 spiro atoms. The number of hydrogen-bond donors (Lipinski definition) is 2. The molecule has 0 amide bonds. The lowest BCUT2D eigenvalue weighted by atomic mass is 9.70. The fraction of sp³-hybridized carbons (Fsp3) is 0.500. The molecule has 0 unspecified atom stereocenters. The van der Waals surface area contributed by atoms with E-state index < -0.39 is 5.97 Å². The lowest BCUT2D eigenvalue weighted by molar-refractivity contribution is -0.136. The Labute approximate surface area is 202 Å². The zero-order chi connectivity index (χ0) is 24.6. The SMILES string of the molecule is COc1cc2c(cc1CC(=O)O)nc(Nc1ccc(C(C)C)cc1)n2[C@@H]1C[C@H](C)CC(C)(C)C1. The predicted molar refractivity (Wildman–Crippen MR) is 137 cm³/mol. The molecule has 0 saturated heterocycles. The number of aliphatic carboxylic acids is 1. The Kier molecular flexibility index (Phi) is 6.61. The Morgan fingerprint density at radius 1 is 1.24 bits per heavy atom. The molecule has 182 valence electrons. The highest BCUT2D eigenvalue weighted by atomic mass is 16.5. The first kappa shape index (κ1) is 24.1. The van der Waals surface area contributed by atoms with Crippen LogP contribution in [-0.2, 0) is 11.2 Å². The summed E-state index contributed by atoms with van der Waals surface area (Å²) in [5, 5.41) is 12.9.